The van der Waals surface area contributed by atoms with Gasteiger partial charge in [0.25, 0.3) is 0 Å². The van der Waals surface area contributed by atoms with E-state index in [1.165, 1.54) is 0 Å². The summed E-state index contributed by atoms with van der Waals surface area (Å²) in [6.45, 7) is 4.23. The summed E-state index contributed by atoms with van der Waals surface area (Å²) in [5.41, 5.74) is 11.5. The van der Waals surface area contributed by atoms with Crippen molar-refractivity contribution in [3.05, 3.63) is 136 Å². The topological polar surface area (TPSA) is 108 Å². The maximum absolute atomic E-state index is 13.0. The molecule has 7 heteroatoms. The second kappa shape index (κ2) is 10.6. The van der Waals surface area contributed by atoms with Crippen LogP contribution in [0.4, 0.5) is 0 Å². The summed E-state index contributed by atoms with van der Waals surface area (Å²) in [7, 11) is 0. The molecule has 1 unspecified atom stereocenters. The molecule has 0 saturated heterocycles. The number of hydrogen-bond donors (Lipinski definition) is 1. The number of benzene rings is 4. The number of allylic oxidation sites excluding steroid dienone is 1. The van der Waals surface area contributed by atoms with E-state index >= 15 is 0 Å². The number of carbonyl (C=O) groups excluding carboxylic acids is 1. The van der Waals surface area contributed by atoms with Gasteiger partial charge in [-0.15, -0.1) is 0 Å². The number of nitrogens with two attached hydrogens (primary N) is 1. The lowest BCUT2D eigenvalue weighted by atomic mass is 9.83. The van der Waals surface area contributed by atoms with Crippen LogP contribution in [-0.2, 0) is 6.61 Å². The maximum Gasteiger partial charge on any atom is 0.379 e. The Hall–Kier alpha value is -5.48. The van der Waals surface area contributed by atoms with E-state index in [0.29, 0.717) is 34.8 Å². The molecule has 0 saturated carbocycles. The zero-order valence-electron chi connectivity index (χ0n) is 22.5. The molecule has 0 spiro atoms. The number of nitriles is 1. The highest BCUT2D eigenvalue weighted by molar-refractivity contribution is 5.97. The SMILES string of the molecule is Cc1ccc2c(C)c(C(=O)Oc3ccc4c(c3)OC(N)=C(C#N)C4c3ccc(OCc4ccccc4)cc3)oc2c1. The first-order chi connectivity index (χ1) is 19.9. The van der Waals surface area contributed by atoms with Crippen molar-refractivity contribution in [1.82, 2.24) is 0 Å². The van der Waals surface area contributed by atoms with Gasteiger partial charge in [-0.05, 0) is 54.8 Å². The van der Waals surface area contributed by atoms with Crippen LogP contribution in [0, 0.1) is 25.2 Å². The van der Waals surface area contributed by atoms with Crippen LogP contribution in [0.5, 0.6) is 17.2 Å². The molecular weight excluding hydrogens is 516 g/mol. The first-order valence-corrected chi connectivity index (χ1v) is 13.1. The van der Waals surface area contributed by atoms with Crippen LogP contribution in [0.25, 0.3) is 11.0 Å². The molecule has 0 bridgehead atoms. The van der Waals surface area contributed by atoms with Crippen LogP contribution >= 0.6 is 0 Å². The van der Waals surface area contributed by atoms with Crippen molar-refractivity contribution in [2.75, 3.05) is 0 Å². The van der Waals surface area contributed by atoms with Crippen molar-refractivity contribution in [3.63, 3.8) is 0 Å². The number of ether oxygens (including phenoxy) is 3. The molecule has 4 aromatic carbocycles. The Morgan fingerprint density at radius 1 is 0.951 bits per heavy atom. The lowest BCUT2D eigenvalue weighted by molar-refractivity contribution is 0.0702. The summed E-state index contributed by atoms with van der Waals surface area (Å²) < 4.78 is 23.2. The van der Waals surface area contributed by atoms with E-state index in [9.17, 15) is 10.1 Å². The average Bonchev–Trinajstić information content (AvgIpc) is 3.31. The van der Waals surface area contributed by atoms with Gasteiger partial charge in [-0.3, -0.25) is 0 Å². The smallest absolute Gasteiger partial charge is 0.379 e. The van der Waals surface area contributed by atoms with Crippen molar-refractivity contribution in [3.8, 4) is 23.3 Å². The fourth-order valence-electron chi connectivity index (χ4n) is 5.02. The Morgan fingerprint density at radius 3 is 2.46 bits per heavy atom. The molecule has 1 aliphatic heterocycles. The molecule has 2 N–H and O–H groups in total. The molecule has 0 amide bonds. The van der Waals surface area contributed by atoms with Crippen molar-refractivity contribution in [2.45, 2.75) is 26.4 Å². The lowest BCUT2D eigenvalue weighted by Crippen LogP contribution is -2.21. The summed E-state index contributed by atoms with van der Waals surface area (Å²) in [5, 5.41) is 10.8. The van der Waals surface area contributed by atoms with Gasteiger partial charge in [0.05, 0.1) is 5.92 Å². The van der Waals surface area contributed by atoms with Crippen LogP contribution in [-0.4, -0.2) is 5.97 Å². The molecule has 1 aromatic heterocycles. The Kier molecular flexibility index (Phi) is 6.66. The van der Waals surface area contributed by atoms with Gasteiger partial charge in [0.1, 0.15) is 41.1 Å². The van der Waals surface area contributed by atoms with Crippen LogP contribution in [0.15, 0.2) is 107 Å². The van der Waals surface area contributed by atoms with Gasteiger partial charge in [0.15, 0.2) is 0 Å². The minimum absolute atomic E-state index is 0.00128. The van der Waals surface area contributed by atoms with E-state index in [1.54, 1.807) is 18.2 Å². The van der Waals surface area contributed by atoms with Gasteiger partial charge in [-0.2, -0.15) is 5.26 Å². The van der Waals surface area contributed by atoms with E-state index in [4.69, 9.17) is 24.4 Å². The Balaban J connectivity index is 1.25. The van der Waals surface area contributed by atoms with E-state index in [0.717, 1.165) is 27.6 Å². The third-order valence-electron chi connectivity index (χ3n) is 7.14. The monoisotopic (exact) mass is 542 g/mol. The highest BCUT2D eigenvalue weighted by Crippen LogP contribution is 2.44. The number of rotatable bonds is 6. The van der Waals surface area contributed by atoms with E-state index in [1.807, 2.05) is 86.6 Å². The van der Waals surface area contributed by atoms with Gasteiger partial charge < -0.3 is 24.4 Å². The average molecular weight is 543 g/mol. The quantitative estimate of drug-likeness (QED) is 0.181. The predicted molar refractivity (Wildman–Crippen MR) is 154 cm³/mol. The van der Waals surface area contributed by atoms with Crippen LogP contribution < -0.4 is 19.9 Å². The Bertz CT molecular complexity index is 1850. The summed E-state index contributed by atoms with van der Waals surface area (Å²) in [6.07, 6.45) is 0. The number of fused-ring (bicyclic) bond motifs is 2. The number of carbonyl (C=O) groups is 1. The molecule has 202 valence electrons. The van der Waals surface area contributed by atoms with Gasteiger partial charge in [-0.25, -0.2) is 4.79 Å². The normalized spacial score (nSPS) is 14.2. The van der Waals surface area contributed by atoms with Gasteiger partial charge in [0.2, 0.25) is 11.6 Å². The maximum atomic E-state index is 13.0. The van der Waals surface area contributed by atoms with Crippen molar-refractivity contribution in [1.29, 1.82) is 5.26 Å². The fraction of sp³-hybridized carbons (Fsp3) is 0.118. The number of hydrogen-bond acceptors (Lipinski definition) is 7. The number of aryl methyl sites for hydroxylation is 2. The molecule has 2 heterocycles. The highest BCUT2D eigenvalue weighted by Gasteiger charge is 2.31. The molecule has 0 aliphatic carbocycles. The molecule has 7 nitrogen and oxygen atoms in total. The van der Waals surface area contributed by atoms with Gasteiger partial charge in [-0.1, -0.05) is 60.7 Å². The minimum atomic E-state index is -0.615. The van der Waals surface area contributed by atoms with Crippen molar-refractivity contribution >= 4 is 16.9 Å². The number of nitrogens with zero attached hydrogens (tertiary/aromatic N) is 1. The van der Waals surface area contributed by atoms with E-state index in [-0.39, 0.29) is 17.4 Å². The Labute approximate surface area is 237 Å². The zero-order valence-corrected chi connectivity index (χ0v) is 22.5. The minimum Gasteiger partial charge on any atom is -0.489 e. The second-order valence-electron chi connectivity index (χ2n) is 9.91. The van der Waals surface area contributed by atoms with Gasteiger partial charge in [0, 0.05) is 22.6 Å². The summed E-state index contributed by atoms with van der Waals surface area (Å²) in [6, 6.07) is 30.5. The first kappa shape index (κ1) is 25.8. The van der Waals surface area contributed by atoms with Crippen molar-refractivity contribution in [2.24, 2.45) is 5.73 Å². The largest absolute Gasteiger partial charge is 0.489 e. The zero-order chi connectivity index (χ0) is 28.5. The van der Waals surface area contributed by atoms with Crippen LogP contribution in [0.1, 0.15) is 44.3 Å². The molecule has 1 aliphatic rings. The second-order valence-corrected chi connectivity index (χ2v) is 9.91. The predicted octanol–water partition coefficient (Wildman–Crippen LogP) is 7.07. The number of esters is 1. The molecule has 1 atom stereocenters. The van der Waals surface area contributed by atoms with E-state index in [2.05, 4.69) is 6.07 Å². The standard InChI is InChI=1S/C34H26N2O5/c1-20-8-14-26-21(2)32(40-29(26)16-20)34(37)39-25-13-15-27-30(17-25)41-33(36)28(18-35)31(27)23-9-11-24(12-10-23)38-19-22-6-4-3-5-7-22/h3-17,31H,19,36H2,1-2H3. The summed E-state index contributed by atoms with van der Waals surface area (Å²) in [4.78, 5) is 13.0. The third-order valence-corrected chi connectivity index (χ3v) is 7.14. The first-order valence-electron chi connectivity index (χ1n) is 13.1. The number of furan rings is 1. The lowest BCUT2D eigenvalue weighted by Gasteiger charge is -2.26. The Morgan fingerprint density at radius 2 is 1.71 bits per heavy atom. The molecule has 41 heavy (non-hydrogen) atoms. The van der Waals surface area contributed by atoms with Gasteiger partial charge >= 0.3 is 5.97 Å². The molecular formula is C34H26N2O5. The summed E-state index contributed by atoms with van der Waals surface area (Å²) in [5.74, 6) is 0.441. The van der Waals surface area contributed by atoms with Crippen LogP contribution in [0.2, 0.25) is 0 Å². The fourth-order valence-corrected chi connectivity index (χ4v) is 5.02. The summed E-state index contributed by atoms with van der Waals surface area (Å²) >= 11 is 0. The molecule has 0 fully saturated rings. The van der Waals surface area contributed by atoms with Crippen molar-refractivity contribution < 1.29 is 23.4 Å². The molecule has 0 radical (unpaired) electrons. The van der Waals surface area contributed by atoms with Crippen LogP contribution in [0.3, 0.4) is 0 Å². The molecule has 5 aromatic rings. The highest BCUT2D eigenvalue weighted by atomic mass is 16.5. The molecule has 6 rings (SSSR count). The third kappa shape index (κ3) is 4.99. The van der Waals surface area contributed by atoms with E-state index < -0.39 is 11.9 Å².